The number of ketones is 1. The summed E-state index contributed by atoms with van der Waals surface area (Å²) in [6.07, 6.45) is -0.787. The van der Waals surface area contributed by atoms with Crippen LogP contribution in [-0.4, -0.2) is 17.0 Å². The van der Waals surface area contributed by atoms with E-state index in [1.54, 1.807) is 0 Å². The molecule has 0 saturated carbocycles. The van der Waals surface area contributed by atoms with Crippen LogP contribution in [-0.2, 0) is 4.79 Å². The first-order valence-electron chi connectivity index (χ1n) is 1.83. The van der Waals surface area contributed by atoms with Crippen molar-refractivity contribution in [3.63, 3.8) is 0 Å². The molecule has 0 rings (SSSR count). The zero-order valence-corrected chi connectivity index (χ0v) is 4.43. The minimum Gasteiger partial charge on any atom is -0.386 e. The van der Waals surface area contributed by atoms with E-state index < -0.39 is 6.10 Å². The third-order valence-corrected chi connectivity index (χ3v) is 0.588. The van der Waals surface area contributed by atoms with Crippen molar-refractivity contribution in [2.45, 2.75) is 20.0 Å². The standard InChI is InChI=1S/C4H8O2.C/c1-3(5)4(2)6;/h3,5H,1-2H3;. The van der Waals surface area contributed by atoms with Gasteiger partial charge in [-0.2, -0.15) is 0 Å². The van der Waals surface area contributed by atoms with Gasteiger partial charge in [0, 0.05) is 7.43 Å². The second kappa shape index (κ2) is 3.81. The summed E-state index contributed by atoms with van der Waals surface area (Å²) >= 11 is 0. The van der Waals surface area contributed by atoms with Crippen LogP contribution in [0.5, 0.6) is 0 Å². The Morgan fingerprint density at radius 1 is 1.71 bits per heavy atom. The number of Topliss-reactive ketones (excluding diaryl/α,β-unsaturated/α-hetero) is 1. The summed E-state index contributed by atoms with van der Waals surface area (Å²) in [7, 11) is 0. The highest BCUT2D eigenvalue weighted by Gasteiger charge is 1.97. The van der Waals surface area contributed by atoms with Crippen molar-refractivity contribution in [1.82, 2.24) is 0 Å². The van der Waals surface area contributed by atoms with E-state index in [4.69, 9.17) is 5.11 Å². The molecule has 0 spiro atoms. The van der Waals surface area contributed by atoms with Gasteiger partial charge in [0.25, 0.3) is 0 Å². The quantitative estimate of drug-likeness (QED) is 0.505. The highest BCUT2D eigenvalue weighted by molar-refractivity contribution is 5.79. The molecule has 0 saturated heterocycles. The maximum atomic E-state index is 9.89. The van der Waals surface area contributed by atoms with E-state index in [1.165, 1.54) is 13.8 Å². The highest BCUT2D eigenvalue weighted by Crippen LogP contribution is 1.76. The first-order chi connectivity index (χ1) is 2.64. The normalized spacial score (nSPS) is 11.9. The van der Waals surface area contributed by atoms with Crippen molar-refractivity contribution in [3.05, 3.63) is 7.43 Å². The van der Waals surface area contributed by atoms with Crippen molar-refractivity contribution in [1.29, 1.82) is 0 Å². The average Bonchev–Trinajstić information content (AvgIpc) is 1.36. The Morgan fingerprint density at radius 2 is 1.86 bits per heavy atom. The maximum absolute atomic E-state index is 9.89. The molecule has 40 valence electrons. The van der Waals surface area contributed by atoms with Crippen LogP contribution in [0.15, 0.2) is 0 Å². The predicted octanol–water partition coefficient (Wildman–Crippen LogP) is 0.0375. The molecule has 0 aliphatic rings. The van der Waals surface area contributed by atoms with E-state index in [2.05, 4.69) is 0 Å². The third-order valence-electron chi connectivity index (χ3n) is 0.588. The van der Waals surface area contributed by atoms with E-state index >= 15 is 0 Å². The van der Waals surface area contributed by atoms with Crippen molar-refractivity contribution in [2.75, 3.05) is 0 Å². The van der Waals surface area contributed by atoms with E-state index in [-0.39, 0.29) is 13.2 Å². The van der Waals surface area contributed by atoms with Gasteiger partial charge in [-0.05, 0) is 13.8 Å². The molecule has 4 radical (unpaired) electrons. The maximum Gasteiger partial charge on any atom is 0.157 e. The lowest BCUT2D eigenvalue weighted by atomic mass is 10.3. The molecule has 0 aromatic carbocycles. The van der Waals surface area contributed by atoms with Crippen molar-refractivity contribution in [3.8, 4) is 0 Å². The lowest BCUT2D eigenvalue weighted by molar-refractivity contribution is -0.124. The second-order valence-corrected chi connectivity index (χ2v) is 1.29. The molecule has 7 heavy (non-hydrogen) atoms. The van der Waals surface area contributed by atoms with Gasteiger partial charge in [-0.1, -0.05) is 0 Å². The fraction of sp³-hybridized carbons (Fsp3) is 0.600. The molecule has 0 fully saturated rings. The summed E-state index contributed by atoms with van der Waals surface area (Å²) in [4.78, 5) is 9.89. The van der Waals surface area contributed by atoms with Gasteiger partial charge in [-0.3, -0.25) is 4.79 Å². The fourth-order valence-corrected chi connectivity index (χ4v) is 0. The molecule has 1 atom stereocenters. The fourth-order valence-electron chi connectivity index (χ4n) is 0. The van der Waals surface area contributed by atoms with Gasteiger partial charge in [0.05, 0.1) is 0 Å². The zero-order chi connectivity index (χ0) is 5.15. The molecule has 0 aliphatic carbocycles. The molecular weight excluding hydrogens is 92.1 g/mol. The zero-order valence-electron chi connectivity index (χ0n) is 4.43. The molecule has 0 aromatic rings. The minimum absolute atomic E-state index is 0. The molecule has 2 nitrogen and oxygen atoms in total. The van der Waals surface area contributed by atoms with Crippen LogP contribution in [0.2, 0.25) is 0 Å². The van der Waals surface area contributed by atoms with Crippen molar-refractivity contribution < 1.29 is 9.90 Å². The Kier molecular flexibility index (Phi) is 5.33. The summed E-state index contributed by atoms with van der Waals surface area (Å²) in [5.41, 5.74) is 0. The summed E-state index contributed by atoms with van der Waals surface area (Å²) in [5, 5.41) is 8.28. The topological polar surface area (TPSA) is 37.3 Å². The molecule has 0 aliphatic heterocycles. The number of aliphatic hydroxyl groups excluding tert-OH is 1. The number of carbonyl (C=O) groups excluding carboxylic acids is 1. The van der Waals surface area contributed by atoms with Gasteiger partial charge < -0.3 is 5.11 Å². The van der Waals surface area contributed by atoms with Gasteiger partial charge in [0.15, 0.2) is 5.78 Å². The van der Waals surface area contributed by atoms with Gasteiger partial charge in [-0.25, -0.2) is 0 Å². The first-order valence-corrected chi connectivity index (χ1v) is 1.83. The molecule has 0 heterocycles. The minimum atomic E-state index is -0.787. The van der Waals surface area contributed by atoms with Crippen LogP contribution in [0.1, 0.15) is 13.8 Å². The van der Waals surface area contributed by atoms with Crippen LogP contribution in [0.25, 0.3) is 0 Å². The average molecular weight is 100 g/mol. The molecule has 2 heteroatoms. The molecule has 0 aromatic heterocycles. The molecule has 0 bridgehead atoms. The van der Waals surface area contributed by atoms with Gasteiger partial charge in [-0.15, -0.1) is 0 Å². The summed E-state index contributed by atoms with van der Waals surface area (Å²) in [6.45, 7) is 2.80. The molecule has 1 N–H and O–H groups in total. The number of hydrogen-bond acceptors (Lipinski definition) is 2. The van der Waals surface area contributed by atoms with Crippen LogP contribution in [0.3, 0.4) is 0 Å². The van der Waals surface area contributed by atoms with Crippen molar-refractivity contribution in [2.24, 2.45) is 0 Å². The number of aliphatic hydroxyl groups is 1. The Morgan fingerprint density at radius 3 is 1.86 bits per heavy atom. The van der Waals surface area contributed by atoms with Gasteiger partial charge in [0.1, 0.15) is 6.10 Å². The number of carbonyl (C=O) groups is 1. The summed E-state index contributed by atoms with van der Waals surface area (Å²) < 4.78 is 0. The smallest absolute Gasteiger partial charge is 0.157 e. The Bertz CT molecular complexity index is 57.1. The highest BCUT2D eigenvalue weighted by atomic mass is 16.3. The summed E-state index contributed by atoms with van der Waals surface area (Å²) in [6, 6.07) is 0. The van der Waals surface area contributed by atoms with Gasteiger partial charge in [0.2, 0.25) is 0 Å². The number of rotatable bonds is 1. The Labute approximate surface area is 44.2 Å². The lowest BCUT2D eigenvalue weighted by Gasteiger charge is -1.90. The molecule has 0 amide bonds. The second-order valence-electron chi connectivity index (χ2n) is 1.29. The number of hydrogen-bond donors (Lipinski definition) is 1. The van der Waals surface area contributed by atoms with Gasteiger partial charge >= 0.3 is 0 Å². The lowest BCUT2D eigenvalue weighted by Crippen LogP contribution is -2.10. The molecular formula is C5H8O2. The van der Waals surface area contributed by atoms with Crippen LogP contribution in [0, 0.1) is 7.43 Å². The SMILES string of the molecule is CC(=O)C(C)O.[C]. The van der Waals surface area contributed by atoms with E-state index in [0.29, 0.717) is 0 Å². The Balaban J connectivity index is 0. The largest absolute Gasteiger partial charge is 0.386 e. The monoisotopic (exact) mass is 100 g/mol. The third kappa shape index (κ3) is 5.63. The summed E-state index contributed by atoms with van der Waals surface area (Å²) in [5.74, 6) is -0.185. The van der Waals surface area contributed by atoms with E-state index in [1.807, 2.05) is 0 Å². The first kappa shape index (κ1) is 9.80. The predicted molar refractivity (Wildman–Crippen MR) is 25.6 cm³/mol. The van der Waals surface area contributed by atoms with E-state index in [0.717, 1.165) is 0 Å². The Hall–Kier alpha value is -0.370. The van der Waals surface area contributed by atoms with Crippen LogP contribution in [0.4, 0.5) is 0 Å². The molecule has 1 unspecified atom stereocenters. The van der Waals surface area contributed by atoms with Crippen LogP contribution < -0.4 is 0 Å². The van der Waals surface area contributed by atoms with Crippen LogP contribution >= 0.6 is 0 Å². The van der Waals surface area contributed by atoms with E-state index in [9.17, 15) is 4.79 Å². The van der Waals surface area contributed by atoms with Crippen molar-refractivity contribution >= 4 is 5.78 Å².